The molecule has 0 saturated carbocycles. The molecule has 5 nitrogen and oxygen atoms in total. The van der Waals surface area contributed by atoms with Gasteiger partial charge in [-0.3, -0.25) is 14.6 Å². The van der Waals surface area contributed by atoms with Gasteiger partial charge < -0.3 is 9.64 Å². The molecule has 0 radical (unpaired) electrons. The van der Waals surface area contributed by atoms with Crippen molar-refractivity contribution in [2.45, 2.75) is 58.5 Å². The van der Waals surface area contributed by atoms with Crippen LogP contribution in [0.2, 0.25) is 0 Å². The Balaban J connectivity index is 1.52. The van der Waals surface area contributed by atoms with E-state index in [0.29, 0.717) is 11.9 Å². The van der Waals surface area contributed by atoms with Crippen LogP contribution < -0.4 is 0 Å². The molecule has 3 saturated heterocycles. The fraction of sp³-hybridized carbons (Fsp3) is 0.947. The van der Waals surface area contributed by atoms with E-state index in [-0.39, 0.29) is 11.5 Å². The zero-order valence-electron chi connectivity index (χ0n) is 15.8. The average Bonchev–Trinajstić information content (AvgIpc) is 2.57. The molecule has 3 aliphatic rings. The van der Waals surface area contributed by atoms with Crippen molar-refractivity contribution < 1.29 is 9.53 Å². The predicted octanol–water partition coefficient (Wildman–Crippen LogP) is 1.82. The standard InChI is InChI=1S/C19H35N3O2/c1-19(2,3)15-22-8-4-5-17(18(22)23)21-9-6-16(7-10-21)20-11-13-24-14-12-20/h16-17H,4-15H2,1-3H3. The lowest BCUT2D eigenvalue weighted by Gasteiger charge is -2.45. The number of likely N-dealkylation sites (tertiary alicyclic amines) is 2. The van der Waals surface area contributed by atoms with Crippen LogP contribution in [0.25, 0.3) is 0 Å². The minimum Gasteiger partial charge on any atom is -0.379 e. The summed E-state index contributed by atoms with van der Waals surface area (Å²) >= 11 is 0. The average molecular weight is 338 g/mol. The van der Waals surface area contributed by atoms with Gasteiger partial charge in [0.25, 0.3) is 0 Å². The van der Waals surface area contributed by atoms with Gasteiger partial charge in [-0.15, -0.1) is 0 Å². The Morgan fingerprint density at radius 3 is 2.25 bits per heavy atom. The summed E-state index contributed by atoms with van der Waals surface area (Å²) in [5, 5.41) is 0. The lowest BCUT2D eigenvalue weighted by molar-refractivity contribution is -0.142. The number of carbonyl (C=O) groups is 1. The number of hydrogen-bond donors (Lipinski definition) is 0. The number of piperidine rings is 2. The molecule has 0 aromatic carbocycles. The topological polar surface area (TPSA) is 36.0 Å². The third-order valence-electron chi connectivity index (χ3n) is 5.67. The number of carbonyl (C=O) groups excluding carboxylic acids is 1. The normalized spacial score (nSPS) is 29.2. The second kappa shape index (κ2) is 7.71. The van der Waals surface area contributed by atoms with E-state index >= 15 is 0 Å². The molecule has 3 heterocycles. The second-order valence-corrected chi connectivity index (χ2v) is 8.89. The lowest BCUT2D eigenvalue weighted by atomic mass is 9.92. The first-order chi connectivity index (χ1) is 11.4. The van der Waals surface area contributed by atoms with E-state index in [2.05, 4.69) is 35.5 Å². The highest BCUT2D eigenvalue weighted by molar-refractivity contribution is 5.82. The van der Waals surface area contributed by atoms with Crippen molar-refractivity contribution in [3.63, 3.8) is 0 Å². The molecule has 0 aromatic heterocycles. The Bertz CT molecular complexity index is 421. The summed E-state index contributed by atoms with van der Waals surface area (Å²) < 4.78 is 5.47. The van der Waals surface area contributed by atoms with Gasteiger partial charge in [0, 0.05) is 45.3 Å². The molecular weight excluding hydrogens is 302 g/mol. The van der Waals surface area contributed by atoms with Gasteiger partial charge in [0.2, 0.25) is 5.91 Å². The molecule has 138 valence electrons. The maximum Gasteiger partial charge on any atom is 0.239 e. The Hall–Kier alpha value is -0.650. The van der Waals surface area contributed by atoms with Crippen LogP contribution in [0, 0.1) is 5.41 Å². The van der Waals surface area contributed by atoms with Crippen molar-refractivity contribution in [1.29, 1.82) is 0 Å². The first-order valence-corrected chi connectivity index (χ1v) is 9.79. The van der Waals surface area contributed by atoms with E-state index in [1.807, 2.05) is 0 Å². The summed E-state index contributed by atoms with van der Waals surface area (Å²) in [4.78, 5) is 20.1. The maximum absolute atomic E-state index is 12.9. The van der Waals surface area contributed by atoms with Crippen molar-refractivity contribution in [2.24, 2.45) is 5.41 Å². The van der Waals surface area contributed by atoms with Crippen LogP contribution in [0.15, 0.2) is 0 Å². The number of hydrogen-bond acceptors (Lipinski definition) is 4. The highest BCUT2D eigenvalue weighted by atomic mass is 16.5. The van der Waals surface area contributed by atoms with Crippen molar-refractivity contribution in [1.82, 2.24) is 14.7 Å². The van der Waals surface area contributed by atoms with Crippen LogP contribution in [0.1, 0.15) is 46.5 Å². The highest BCUT2D eigenvalue weighted by Gasteiger charge is 2.37. The van der Waals surface area contributed by atoms with E-state index in [0.717, 1.165) is 65.3 Å². The molecule has 3 rings (SSSR count). The van der Waals surface area contributed by atoms with Crippen LogP contribution in [0.3, 0.4) is 0 Å². The largest absolute Gasteiger partial charge is 0.379 e. The molecule has 3 fully saturated rings. The first kappa shape index (κ1) is 18.2. The Labute approximate surface area is 147 Å². The molecule has 0 spiro atoms. The number of rotatable bonds is 3. The number of ether oxygens (including phenoxy) is 1. The van der Waals surface area contributed by atoms with Gasteiger partial charge in [-0.1, -0.05) is 20.8 Å². The van der Waals surface area contributed by atoms with Crippen LogP contribution >= 0.6 is 0 Å². The number of morpholine rings is 1. The predicted molar refractivity (Wildman–Crippen MR) is 96.0 cm³/mol. The minimum absolute atomic E-state index is 0.131. The van der Waals surface area contributed by atoms with Crippen LogP contribution in [0.4, 0.5) is 0 Å². The van der Waals surface area contributed by atoms with Gasteiger partial charge in [-0.25, -0.2) is 0 Å². The highest BCUT2D eigenvalue weighted by Crippen LogP contribution is 2.26. The molecule has 5 heteroatoms. The molecule has 1 atom stereocenters. The molecule has 0 bridgehead atoms. The fourth-order valence-electron chi connectivity index (χ4n) is 4.49. The molecular formula is C19H35N3O2. The van der Waals surface area contributed by atoms with E-state index in [9.17, 15) is 4.79 Å². The molecule has 0 aromatic rings. The second-order valence-electron chi connectivity index (χ2n) is 8.89. The Morgan fingerprint density at radius 2 is 1.62 bits per heavy atom. The molecule has 24 heavy (non-hydrogen) atoms. The first-order valence-electron chi connectivity index (χ1n) is 9.79. The van der Waals surface area contributed by atoms with Gasteiger partial charge in [-0.2, -0.15) is 0 Å². The van der Waals surface area contributed by atoms with Crippen molar-refractivity contribution in [3.8, 4) is 0 Å². The summed E-state index contributed by atoms with van der Waals surface area (Å²) in [5.74, 6) is 0.376. The summed E-state index contributed by atoms with van der Waals surface area (Å²) in [7, 11) is 0. The Morgan fingerprint density at radius 1 is 0.958 bits per heavy atom. The smallest absolute Gasteiger partial charge is 0.239 e. The third kappa shape index (κ3) is 4.50. The minimum atomic E-state index is 0.131. The summed E-state index contributed by atoms with van der Waals surface area (Å²) in [6, 6.07) is 0.821. The molecule has 0 aliphatic carbocycles. The third-order valence-corrected chi connectivity index (χ3v) is 5.67. The zero-order valence-corrected chi connectivity index (χ0v) is 15.8. The van der Waals surface area contributed by atoms with Crippen LogP contribution in [-0.4, -0.2) is 85.2 Å². The van der Waals surface area contributed by atoms with E-state index < -0.39 is 0 Å². The molecule has 3 aliphatic heterocycles. The summed E-state index contributed by atoms with van der Waals surface area (Å²) in [5.41, 5.74) is 0.181. The Kier molecular flexibility index (Phi) is 5.83. The van der Waals surface area contributed by atoms with Crippen molar-refractivity contribution in [2.75, 3.05) is 52.5 Å². The van der Waals surface area contributed by atoms with Crippen LogP contribution in [0.5, 0.6) is 0 Å². The quantitative estimate of drug-likeness (QED) is 0.787. The van der Waals surface area contributed by atoms with Crippen molar-refractivity contribution in [3.05, 3.63) is 0 Å². The summed E-state index contributed by atoms with van der Waals surface area (Å²) in [6.45, 7) is 14.5. The maximum atomic E-state index is 12.9. The van der Waals surface area contributed by atoms with Gasteiger partial charge in [0.15, 0.2) is 0 Å². The zero-order chi connectivity index (χ0) is 17.2. The number of nitrogens with zero attached hydrogens (tertiary/aromatic N) is 3. The van der Waals surface area contributed by atoms with E-state index in [4.69, 9.17) is 4.74 Å². The lowest BCUT2D eigenvalue weighted by Crippen LogP contribution is -2.57. The fourth-order valence-corrected chi connectivity index (χ4v) is 4.49. The van der Waals surface area contributed by atoms with E-state index in [1.165, 1.54) is 12.8 Å². The van der Waals surface area contributed by atoms with E-state index in [1.54, 1.807) is 0 Å². The van der Waals surface area contributed by atoms with Gasteiger partial charge in [-0.05, 0) is 31.1 Å². The molecule has 1 amide bonds. The summed E-state index contributed by atoms with van der Waals surface area (Å²) in [6.07, 6.45) is 4.59. The number of amides is 1. The monoisotopic (exact) mass is 337 g/mol. The van der Waals surface area contributed by atoms with Gasteiger partial charge >= 0.3 is 0 Å². The molecule has 0 N–H and O–H groups in total. The van der Waals surface area contributed by atoms with Gasteiger partial charge in [0.05, 0.1) is 19.3 Å². The van der Waals surface area contributed by atoms with Crippen molar-refractivity contribution >= 4 is 5.91 Å². The SMILES string of the molecule is CC(C)(C)CN1CCCC(N2CCC(N3CCOCC3)CC2)C1=O. The molecule has 1 unspecified atom stereocenters. The van der Waals surface area contributed by atoms with Gasteiger partial charge in [0.1, 0.15) is 0 Å². The van der Waals surface area contributed by atoms with Crippen LogP contribution in [-0.2, 0) is 9.53 Å².